The molecular formula is C16H21N3S. The molecule has 0 aliphatic heterocycles. The van der Waals surface area contributed by atoms with E-state index >= 15 is 0 Å². The van der Waals surface area contributed by atoms with Crippen LogP contribution in [0.2, 0.25) is 0 Å². The Balaban J connectivity index is 2.22. The maximum atomic E-state index is 4.50. The van der Waals surface area contributed by atoms with Gasteiger partial charge in [-0.05, 0) is 49.4 Å². The van der Waals surface area contributed by atoms with Gasteiger partial charge >= 0.3 is 0 Å². The summed E-state index contributed by atoms with van der Waals surface area (Å²) in [5.74, 6) is 0.914. The fourth-order valence-electron chi connectivity index (χ4n) is 2.27. The van der Waals surface area contributed by atoms with Gasteiger partial charge in [0.1, 0.15) is 0 Å². The molecule has 106 valence electrons. The van der Waals surface area contributed by atoms with Crippen molar-refractivity contribution in [2.75, 3.05) is 0 Å². The third-order valence-electron chi connectivity index (χ3n) is 3.31. The smallest absolute Gasteiger partial charge is 0.188 e. The summed E-state index contributed by atoms with van der Waals surface area (Å²) in [4.78, 5) is 13.3. The highest BCUT2D eigenvalue weighted by molar-refractivity contribution is 7.98. The molecule has 2 rings (SSSR count). The summed E-state index contributed by atoms with van der Waals surface area (Å²) in [6, 6.07) is 2.01. The molecule has 0 aromatic carbocycles. The number of aryl methyl sites for hydroxylation is 4. The molecule has 2 heterocycles. The molecule has 0 atom stereocenters. The maximum absolute atomic E-state index is 4.50. The topological polar surface area (TPSA) is 38.7 Å². The Kier molecular flexibility index (Phi) is 5.12. The van der Waals surface area contributed by atoms with Crippen molar-refractivity contribution in [3.8, 4) is 0 Å². The van der Waals surface area contributed by atoms with Crippen LogP contribution in [0.5, 0.6) is 0 Å². The molecule has 0 saturated heterocycles. The Morgan fingerprint density at radius 3 is 2.00 bits per heavy atom. The van der Waals surface area contributed by atoms with Crippen LogP contribution in [0.1, 0.15) is 41.9 Å². The van der Waals surface area contributed by atoms with Crippen LogP contribution in [-0.4, -0.2) is 15.0 Å². The molecule has 0 amide bonds. The van der Waals surface area contributed by atoms with E-state index in [0.29, 0.717) is 0 Å². The summed E-state index contributed by atoms with van der Waals surface area (Å²) in [7, 11) is 0. The predicted octanol–water partition coefficient (Wildman–Crippen LogP) is 3.91. The summed E-state index contributed by atoms with van der Waals surface area (Å²) in [5.41, 5.74) is 6.13. The minimum absolute atomic E-state index is 0.864. The van der Waals surface area contributed by atoms with E-state index in [-0.39, 0.29) is 0 Å². The van der Waals surface area contributed by atoms with E-state index in [0.717, 1.165) is 35.1 Å². The van der Waals surface area contributed by atoms with Gasteiger partial charge in [-0.15, -0.1) is 0 Å². The number of hydrogen-bond donors (Lipinski definition) is 0. The largest absolute Gasteiger partial charge is 0.264 e. The van der Waals surface area contributed by atoms with E-state index in [9.17, 15) is 0 Å². The Bertz CT molecular complexity index is 554. The van der Waals surface area contributed by atoms with Crippen molar-refractivity contribution in [2.24, 2.45) is 0 Å². The number of rotatable bonds is 5. The van der Waals surface area contributed by atoms with Crippen LogP contribution in [-0.2, 0) is 18.6 Å². The second kappa shape index (κ2) is 6.84. The summed E-state index contributed by atoms with van der Waals surface area (Å²) >= 11 is 1.71. The predicted molar refractivity (Wildman–Crippen MR) is 84.1 cm³/mol. The van der Waals surface area contributed by atoms with Crippen molar-refractivity contribution in [1.29, 1.82) is 0 Å². The lowest BCUT2D eigenvalue weighted by atomic mass is 10.0. The average molecular weight is 287 g/mol. The van der Waals surface area contributed by atoms with Crippen molar-refractivity contribution in [2.45, 2.75) is 51.4 Å². The zero-order chi connectivity index (χ0) is 14.5. The fraction of sp³-hybridized carbons (Fsp3) is 0.438. The molecule has 2 aromatic heterocycles. The SMILES string of the molecule is CCc1cncc(CC)c1CSc1nc(C)cc(C)n1. The molecular weight excluding hydrogens is 266 g/mol. The molecule has 2 aromatic rings. The van der Waals surface area contributed by atoms with Crippen LogP contribution in [0.3, 0.4) is 0 Å². The maximum Gasteiger partial charge on any atom is 0.188 e. The first-order valence-electron chi connectivity index (χ1n) is 7.03. The van der Waals surface area contributed by atoms with E-state index < -0.39 is 0 Å². The fourth-order valence-corrected chi connectivity index (χ4v) is 3.33. The second-order valence-electron chi connectivity index (χ2n) is 4.87. The third kappa shape index (κ3) is 3.57. The molecule has 0 saturated carbocycles. The van der Waals surface area contributed by atoms with Crippen LogP contribution >= 0.6 is 11.8 Å². The normalized spacial score (nSPS) is 10.8. The van der Waals surface area contributed by atoms with Crippen molar-refractivity contribution in [3.63, 3.8) is 0 Å². The van der Waals surface area contributed by atoms with Gasteiger partial charge < -0.3 is 0 Å². The summed E-state index contributed by atoms with van der Waals surface area (Å²) in [5, 5.41) is 0.864. The Hall–Kier alpha value is -1.42. The summed E-state index contributed by atoms with van der Waals surface area (Å²) in [6.07, 6.45) is 6.00. The third-order valence-corrected chi connectivity index (χ3v) is 4.18. The van der Waals surface area contributed by atoms with Gasteiger partial charge in [0.25, 0.3) is 0 Å². The Labute approximate surface area is 125 Å². The van der Waals surface area contributed by atoms with Crippen LogP contribution in [0.4, 0.5) is 0 Å². The first kappa shape index (κ1) is 15.0. The minimum atomic E-state index is 0.864. The minimum Gasteiger partial charge on any atom is -0.264 e. The van der Waals surface area contributed by atoms with E-state index in [1.54, 1.807) is 11.8 Å². The Morgan fingerprint density at radius 2 is 1.50 bits per heavy atom. The lowest BCUT2D eigenvalue weighted by molar-refractivity contribution is 0.900. The monoisotopic (exact) mass is 287 g/mol. The second-order valence-corrected chi connectivity index (χ2v) is 5.81. The van der Waals surface area contributed by atoms with E-state index in [2.05, 4.69) is 28.8 Å². The van der Waals surface area contributed by atoms with Gasteiger partial charge in [-0.2, -0.15) is 0 Å². The number of thioether (sulfide) groups is 1. The molecule has 0 aliphatic carbocycles. The quantitative estimate of drug-likeness (QED) is 0.617. The molecule has 20 heavy (non-hydrogen) atoms. The number of aromatic nitrogens is 3. The van der Waals surface area contributed by atoms with Crippen LogP contribution < -0.4 is 0 Å². The van der Waals surface area contributed by atoms with Gasteiger partial charge in [-0.25, -0.2) is 9.97 Å². The van der Waals surface area contributed by atoms with Crippen LogP contribution in [0.15, 0.2) is 23.6 Å². The molecule has 0 bridgehead atoms. The lowest BCUT2D eigenvalue weighted by Gasteiger charge is -2.11. The first-order valence-corrected chi connectivity index (χ1v) is 8.02. The van der Waals surface area contributed by atoms with E-state index in [1.807, 2.05) is 32.3 Å². The lowest BCUT2D eigenvalue weighted by Crippen LogP contribution is -2.00. The van der Waals surface area contributed by atoms with Crippen molar-refractivity contribution in [1.82, 2.24) is 15.0 Å². The summed E-state index contributed by atoms with van der Waals surface area (Å²) < 4.78 is 0. The first-order chi connectivity index (χ1) is 9.63. The zero-order valence-electron chi connectivity index (χ0n) is 12.6. The molecule has 3 nitrogen and oxygen atoms in total. The number of pyridine rings is 1. The van der Waals surface area contributed by atoms with E-state index in [4.69, 9.17) is 0 Å². The average Bonchev–Trinajstić information content (AvgIpc) is 2.43. The number of hydrogen-bond acceptors (Lipinski definition) is 4. The highest BCUT2D eigenvalue weighted by Crippen LogP contribution is 2.25. The van der Waals surface area contributed by atoms with Crippen molar-refractivity contribution >= 4 is 11.8 Å². The molecule has 0 radical (unpaired) electrons. The van der Waals surface area contributed by atoms with Crippen LogP contribution in [0, 0.1) is 13.8 Å². The Morgan fingerprint density at radius 1 is 0.950 bits per heavy atom. The van der Waals surface area contributed by atoms with Gasteiger partial charge in [0.05, 0.1) is 0 Å². The highest BCUT2D eigenvalue weighted by Gasteiger charge is 2.09. The molecule has 0 N–H and O–H groups in total. The molecule has 0 unspecified atom stereocenters. The molecule has 0 aliphatic rings. The molecule has 0 fully saturated rings. The standard InChI is InChI=1S/C16H21N3S/c1-5-13-8-17-9-14(6-2)15(13)10-20-16-18-11(3)7-12(4)19-16/h7-9H,5-6,10H2,1-4H3. The highest BCUT2D eigenvalue weighted by atomic mass is 32.2. The van der Waals surface area contributed by atoms with Crippen molar-refractivity contribution in [3.05, 3.63) is 46.5 Å². The van der Waals surface area contributed by atoms with Crippen molar-refractivity contribution < 1.29 is 0 Å². The zero-order valence-corrected chi connectivity index (χ0v) is 13.4. The van der Waals surface area contributed by atoms with Gasteiger partial charge in [-0.1, -0.05) is 25.6 Å². The van der Waals surface area contributed by atoms with Gasteiger partial charge in [0, 0.05) is 29.5 Å². The van der Waals surface area contributed by atoms with Gasteiger partial charge in [0.2, 0.25) is 0 Å². The summed E-state index contributed by atoms with van der Waals surface area (Å²) in [6.45, 7) is 8.39. The molecule has 0 spiro atoms. The van der Waals surface area contributed by atoms with Gasteiger partial charge in [-0.3, -0.25) is 4.98 Å². The molecule has 4 heteroatoms. The number of nitrogens with zero attached hydrogens (tertiary/aromatic N) is 3. The van der Waals surface area contributed by atoms with Crippen LogP contribution in [0.25, 0.3) is 0 Å². The van der Waals surface area contributed by atoms with Gasteiger partial charge in [0.15, 0.2) is 5.16 Å². The van der Waals surface area contributed by atoms with E-state index in [1.165, 1.54) is 16.7 Å².